The molecule has 0 unspecified atom stereocenters. The van der Waals surface area contributed by atoms with E-state index >= 15 is 0 Å². The minimum absolute atomic E-state index is 0.287. The highest BCUT2D eigenvalue weighted by molar-refractivity contribution is 7.10. The summed E-state index contributed by atoms with van der Waals surface area (Å²) < 4.78 is 5.28. The first-order valence-electron chi connectivity index (χ1n) is 9.34. The second-order valence-electron chi connectivity index (χ2n) is 6.91. The van der Waals surface area contributed by atoms with Crippen molar-refractivity contribution in [2.75, 3.05) is 13.2 Å². The molecule has 1 aromatic rings. The maximum atomic E-state index is 12.6. The molecule has 0 saturated heterocycles. The molecule has 0 spiro atoms. The van der Waals surface area contributed by atoms with Crippen molar-refractivity contribution in [3.8, 4) is 0 Å². The largest absolute Gasteiger partial charge is 0.463 e. The van der Waals surface area contributed by atoms with Gasteiger partial charge in [-0.1, -0.05) is 25.8 Å². The molecule has 2 amide bonds. The molecular weight excluding hydrogens is 350 g/mol. The average molecular weight is 378 g/mol. The van der Waals surface area contributed by atoms with Gasteiger partial charge in [0.25, 0.3) is 0 Å². The van der Waals surface area contributed by atoms with E-state index in [9.17, 15) is 9.59 Å². The molecule has 0 aromatic carbocycles. The van der Waals surface area contributed by atoms with Crippen LogP contribution in [0, 0.1) is 5.92 Å². The van der Waals surface area contributed by atoms with Crippen LogP contribution < -0.4 is 16.0 Å². The van der Waals surface area contributed by atoms with Crippen molar-refractivity contribution in [2.45, 2.75) is 51.6 Å². The van der Waals surface area contributed by atoms with Crippen LogP contribution in [0.4, 0.5) is 4.79 Å². The van der Waals surface area contributed by atoms with Gasteiger partial charge in [0.1, 0.15) is 0 Å². The van der Waals surface area contributed by atoms with Crippen molar-refractivity contribution >= 4 is 23.3 Å². The number of ether oxygens (including phenoxy) is 1. The van der Waals surface area contributed by atoms with E-state index in [1.807, 2.05) is 17.5 Å². The minimum atomic E-state index is -0.469. The predicted molar refractivity (Wildman–Crippen MR) is 102 cm³/mol. The highest BCUT2D eigenvalue weighted by Gasteiger charge is 2.34. The van der Waals surface area contributed by atoms with E-state index in [2.05, 4.69) is 22.9 Å². The molecule has 0 bridgehead atoms. The number of thiophene rings is 1. The molecule has 26 heavy (non-hydrogen) atoms. The van der Waals surface area contributed by atoms with Crippen LogP contribution in [0.15, 0.2) is 28.8 Å². The van der Waals surface area contributed by atoms with Crippen LogP contribution in [-0.4, -0.2) is 31.2 Å². The lowest BCUT2D eigenvalue weighted by molar-refractivity contribution is -0.139. The average Bonchev–Trinajstić information content (AvgIpc) is 3.15. The normalized spacial score (nSPS) is 26.2. The summed E-state index contributed by atoms with van der Waals surface area (Å²) in [6.07, 6.45) is 4.84. The zero-order chi connectivity index (χ0) is 18.5. The Morgan fingerprint density at radius 1 is 1.38 bits per heavy atom. The van der Waals surface area contributed by atoms with Gasteiger partial charge in [-0.15, -0.1) is 11.3 Å². The van der Waals surface area contributed by atoms with E-state index in [1.54, 1.807) is 6.92 Å². The Balaban J connectivity index is 1.85. The van der Waals surface area contributed by atoms with Crippen molar-refractivity contribution < 1.29 is 14.3 Å². The van der Waals surface area contributed by atoms with Crippen LogP contribution >= 0.6 is 11.3 Å². The summed E-state index contributed by atoms with van der Waals surface area (Å²) in [5.74, 6) is 0.216. The van der Waals surface area contributed by atoms with Crippen molar-refractivity contribution in [2.24, 2.45) is 5.92 Å². The molecule has 1 aliphatic heterocycles. The highest BCUT2D eigenvalue weighted by Crippen LogP contribution is 2.31. The quantitative estimate of drug-likeness (QED) is 0.666. The highest BCUT2D eigenvalue weighted by atomic mass is 32.1. The first kappa shape index (κ1) is 18.9. The number of hydrogen-bond donors (Lipinski definition) is 3. The fourth-order valence-corrected chi connectivity index (χ4v) is 4.51. The zero-order valence-electron chi connectivity index (χ0n) is 15.3. The number of amides is 2. The predicted octanol–water partition coefficient (Wildman–Crippen LogP) is 3.09. The molecule has 2 heterocycles. The van der Waals surface area contributed by atoms with Gasteiger partial charge in [-0.2, -0.15) is 0 Å². The molecule has 2 aliphatic rings. The SMILES string of the molecule is CCOC(=O)C1=C(CN[C@@H]2CCCC[C@@H]2C)NC(=O)N[C@H]1c1cccs1. The number of nitrogens with one attached hydrogen (secondary N) is 3. The van der Waals surface area contributed by atoms with Crippen LogP contribution in [0.1, 0.15) is 50.4 Å². The molecule has 1 saturated carbocycles. The summed E-state index contributed by atoms with van der Waals surface area (Å²) in [7, 11) is 0. The molecule has 3 N–H and O–H groups in total. The molecule has 3 rings (SSSR count). The van der Waals surface area contributed by atoms with Gasteiger partial charge in [0.15, 0.2) is 0 Å². The van der Waals surface area contributed by atoms with Gasteiger partial charge in [-0.3, -0.25) is 0 Å². The van der Waals surface area contributed by atoms with Gasteiger partial charge in [-0.25, -0.2) is 9.59 Å². The Hall–Kier alpha value is -1.86. The summed E-state index contributed by atoms with van der Waals surface area (Å²) >= 11 is 1.51. The first-order valence-corrected chi connectivity index (χ1v) is 10.2. The fourth-order valence-electron chi connectivity index (χ4n) is 3.73. The van der Waals surface area contributed by atoms with Crippen molar-refractivity contribution in [1.29, 1.82) is 0 Å². The van der Waals surface area contributed by atoms with Gasteiger partial charge in [0.05, 0.1) is 18.2 Å². The molecule has 1 aliphatic carbocycles. The summed E-state index contributed by atoms with van der Waals surface area (Å²) in [5, 5.41) is 11.2. The summed E-state index contributed by atoms with van der Waals surface area (Å²) in [4.78, 5) is 25.8. The molecule has 7 heteroatoms. The maximum absolute atomic E-state index is 12.6. The second kappa shape index (κ2) is 8.68. The van der Waals surface area contributed by atoms with Crippen LogP contribution in [-0.2, 0) is 9.53 Å². The molecule has 1 aromatic heterocycles. The van der Waals surface area contributed by atoms with Crippen molar-refractivity contribution in [3.63, 3.8) is 0 Å². The van der Waals surface area contributed by atoms with E-state index < -0.39 is 6.04 Å². The Labute approximate surface area is 158 Å². The van der Waals surface area contributed by atoms with E-state index in [0.717, 1.165) is 11.3 Å². The maximum Gasteiger partial charge on any atom is 0.338 e. The van der Waals surface area contributed by atoms with Crippen LogP contribution in [0.3, 0.4) is 0 Å². The smallest absolute Gasteiger partial charge is 0.338 e. The number of rotatable bonds is 6. The van der Waals surface area contributed by atoms with Gasteiger partial charge in [0.2, 0.25) is 0 Å². The number of urea groups is 1. The van der Waals surface area contributed by atoms with Crippen molar-refractivity contribution in [1.82, 2.24) is 16.0 Å². The fraction of sp³-hybridized carbons (Fsp3) is 0.579. The summed E-state index contributed by atoms with van der Waals surface area (Å²) in [6, 6.07) is 3.49. The lowest BCUT2D eigenvalue weighted by Crippen LogP contribution is -2.49. The van der Waals surface area contributed by atoms with E-state index in [1.165, 1.54) is 30.6 Å². The van der Waals surface area contributed by atoms with Crippen LogP contribution in [0.25, 0.3) is 0 Å². The Bertz CT molecular complexity index is 672. The molecule has 3 atom stereocenters. The van der Waals surface area contributed by atoms with Gasteiger partial charge < -0.3 is 20.7 Å². The van der Waals surface area contributed by atoms with E-state index in [0.29, 0.717) is 36.4 Å². The molecule has 6 nitrogen and oxygen atoms in total. The van der Waals surface area contributed by atoms with Gasteiger partial charge in [-0.05, 0) is 37.1 Å². The van der Waals surface area contributed by atoms with E-state index in [4.69, 9.17) is 4.74 Å². The minimum Gasteiger partial charge on any atom is -0.463 e. The third kappa shape index (κ3) is 4.27. The third-order valence-electron chi connectivity index (χ3n) is 5.13. The topological polar surface area (TPSA) is 79.5 Å². The lowest BCUT2D eigenvalue weighted by Gasteiger charge is -2.32. The third-order valence-corrected chi connectivity index (χ3v) is 6.07. The second-order valence-corrected chi connectivity index (χ2v) is 7.89. The molecular formula is C19H27N3O3S. The van der Waals surface area contributed by atoms with Crippen LogP contribution in [0.5, 0.6) is 0 Å². The molecule has 1 fully saturated rings. The first-order chi connectivity index (χ1) is 12.6. The standard InChI is InChI=1S/C19H27N3O3S/c1-3-25-18(23)16-14(11-20-13-8-5-4-7-12(13)2)21-19(24)22-17(16)15-9-6-10-26-15/h6,9-10,12-13,17,20H,3-5,7-8,11H2,1-2H3,(H2,21,22,24)/t12-,13+,17-/m0/s1. The Kier molecular flexibility index (Phi) is 6.32. The van der Waals surface area contributed by atoms with Gasteiger partial charge >= 0.3 is 12.0 Å². The van der Waals surface area contributed by atoms with E-state index in [-0.39, 0.29) is 12.0 Å². The molecule has 142 valence electrons. The number of carbonyl (C=O) groups is 2. The summed E-state index contributed by atoms with van der Waals surface area (Å²) in [6.45, 7) is 4.80. The Morgan fingerprint density at radius 2 is 2.19 bits per heavy atom. The number of carbonyl (C=O) groups excluding carboxylic acids is 2. The van der Waals surface area contributed by atoms with Crippen LogP contribution in [0.2, 0.25) is 0 Å². The monoisotopic (exact) mass is 377 g/mol. The summed E-state index contributed by atoms with van der Waals surface area (Å²) in [5.41, 5.74) is 1.10. The number of esters is 1. The lowest BCUT2D eigenvalue weighted by atomic mass is 9.86. The van der Waals surface area contributed by atoms with Crippen molar-refractivity contribution in [3.05, 3.63) is 33.7 Å². The Morgan fingerprint density at radius 3 is 2.88 bits per heavy atom. The number of hydrogen-bond acceptors (Lipinski definition) is 5. The van der Waals surface area contributed by atoms with Gasteiger partial charge in [0, 0.05) is 23.2 Å². The zero-order valence-corrected chi connectivity index (χ0v) is 16.2. The molecule has 0 radical (unpaired) electrons.